The summed E-state index contributed by atoms with van der Waals surface area (Å²) in [6.45, 7) is 7.20. The number of carbonyl (C=O) groups excluding carboxylic acids is 1. The van der Waals surface area contributed by atoms with E-state index in [9.17, 15) is 4.79 Å². The number of benzene rings is 1. The van der Waals surface area contributed by atoms with Gasteiger partial charge in [0.15, 0.2) is 5.84 Å². The fourth-order valence-electron chi connectivity index (χ4n) is 2.68. The molecule has 2 rings (SSSR count). The first kappa shape index (κ1) is 17.9. The molecule has 132 valence electrons. The highest BCUT2D eigenvalue weighted by Crippen LogP contribution is 2.24. The number of amidine groups is 1. The molecule has 1 unspecified atom stereocenters. The average Bonchev–Trinajstić information content (AvgIpc) is 3.01. The van der Waals surface area contributed by atoms with Crippen molar-refractivity contribution in [1.29, 1.82) is 0 Å². The molecule has 0 radical (unpaired) electrons. The third kappa shape index (κ3) is 4.31. The second kappa shape index (κ2) is 6.98. The minimum atomic E-state index is -0.492. The number of hydrogen-bond donors (Lipinski definition) is 2. The summed E-state index contributed by atoms with van der Waals surface area (Å²) in [6, 6.07) is 7.61. The molecule has 0 bridgehead atoms. The van der Waals surface area contributed by atoms with Crippen LogP contribution in [0.2, 0.25) is 0 Å². The quantitative estimate of drug-likeness (QED) is 0.383. The van der Waals surface area contributed by atoms with Gasteiger partial charge in [0.2, 0.25) is 0 Å². The summed E-state index contributed by atoms with van der Waals surface area (Å²) in [4.78, 5) is 16.1. The lowest BCUT2D eigenvalue weighted by molar-refractivity contribution is 0.0238. The number of oxime groups is 1. The molecule has 1 aliphatic rings. The Labute approximate surface area is 142 Å². The number of ether oxygens (including phenoxy) is 1. The van der Waals surface area contributed by atoms with Gasteiger partial charge in [-0.05, 0) is 51.5 Å². The Balaban J connectivity index is 1.98. The van der Waals surface area contributed by atoms with Gasteiger partial charge in [-0.15, -0.1) is 0 Å². The SMILES string of the molecule is CN(C(=O)OC(C)(C)C)C1CCN(c2ccc(C(N)=NO)cc2)C1. The monoisotopic (exact) mass is 334 g/mol. The lowest BCUT2D eigenvalue weighted by atomic mass is 10.2. The second-order valence-corrected chi connectivity index (χ2v) is 7.01. The van der Waals surface area contributed by atoms with E-state index in [-0.39, 0.29) is 18.0 Å². The van der Waals surface area contributed by atoms with Crippen molar-refractivity contribution in [3.05, 3.63) is 29.8 Å². The molecule has 1 heterocycles. The maximum Gasteiger partial charge on any atom is 0.410 e. The molecule has 0 saturated carbocycles. The highest BCUT2D eigenvalue weighted by atomic mass is 16.6. The van der Waals surface area contributed by atoms with E-state index in [1.807, 2.05) is 45.0 Å². The van der Waals surface area contributed by atoms with E-state index in [0.717, 1.165) is 25.2 Å². The Morgan fingerprint density at radius 2 is 2.00 bits per heavy atom. The Kier molecular flexibility index (Phi) is 5.21. The standard InChI is InChI=1S/C17H26N4O3/c1-17(2,3)24-16(22)20(4)14-9-10-21(11-14)13-7-5-12(6-8-13)15(18)19-23/h5-8,14,23H,9-11H2,1-4H3,(H2,18,19). The van der Waals surface area contributed by atoms with E-state index >= 15 is 0 Å². The summed E-state index contributed by atoms with van der Waals surface area (Å²) in [5.74, 6) is 0.0884. The third-order valence-corrected chi connectivity index (χ3v) is 4.03. The van der Waals surface area contributed by atoms with Gasteiger partial charge in [0.25, 0.3) is 0 Å². The van der Waals surface area contributed by atoms with Gasteiger partial charge in [-0.2, -0.15) is 0 Å². The Bertz CT molecular complexity index is 607. The van der Waals surface area contributed by atoms with Crippen molar-refractivity contribution >= 4 is 17.6 Å². The average molecular weight is 334 g/mol. The summed E-state index contributed by atoms with van der Waals surface area (Å²) in [5.41, 5.74) is 6.79. The van der Waals surface area contributed by atoms with Gasteiger partial charge in [0, 0.05) is 31.4 Å². The molecular weight excluding hydrogens is 308 g/mol. The van der Waals surface area contributed by atoms with Crippen LogP contribution >= 0.6 is 0 Å². The van der Waals surface area contributed by atoms with Crippen molar-refractivity contribution in [3.8, 4) is 0 Å². The number of anilines is 1. The molecule has 1 saturated heterocycles. The van der Waals surface area contributed by atoms with Crippen molar-refractivity contribution in [2.75, 3.05) is 25.0 Å². The second-order valence-electron chi connectivity index (χ2n) is 7.01. The number of nitrogens with zero attached hydrogens (tertiary/aromatic N) is 3. The van der Waals surface area contributed by atoms with Gasteiger partial charge < -0.3 is 25.5 Å². The third-order valence-electron chi connectivity index (χ3n) is 4.03. The van der Waals surface area contributed by atoms with Crippen LogP contribution in [-0.4, -0.2) is 53.8 Å². The van der Waals surface area contributed by atoms with Crippen LogP contribution in [0.1, 0.15) is 32.8 Å². The van der Waals surface area contributed by atoms with E-state index in [0.29, 0.717) is 5.56 Å². The maximum absolute atomic E-state index is 12.2. The molecule has 7 heteroatoms. The van der Waals surface area contributed by atoms with Crippen LogP contribution in [0.15, 0.2) is 29.4 Å². The number of carbonyl (C=O) groups is 1. The van der Waals surface area contributed by atoms with E-state index in [2.05, 4.69) is 10.1 Å². The summed E-state index contributed by atoms with van der Waals surface area (Å²) in [7, 11) is 1.78. The largest absolute Gasteiger partial charge is 0.444 e. The molecule has 1 fully saturated rings. The summed E-state index contributed by atoms with van der Waals surface area (Å²) in [6.07, 6.45) is 0.592. The van der Waals surface area contributed by atoms with Crippen molar-refractivity contribution < 1.29 is 14.7 Å². The number of amides is 1. The minimum Gasteiger partial charge on any atom is -0.444 e. The number of rotatable bonds is 3. The number of likely N-dealkylation sites (N-methyl/N-ethyl adjacent to an activating group) is 1. The molecule has 1 atom stereocenters. The topological polar surface area (TPSA) is 91.4 Å². The first-order valence-corrected chi connectivity index (χ1v) is 8.00. The molecule has 1 aliphatic heterocycles. The first-order chi connectivity index (χ1) is 11.2. The Morgan fingerprint density at radius 3 is 2.54 bits per heavy atom. The first-order valence-electron chi connectivity index (χ1n) is 8.00. The minimum absolute atomic E-state index is 0.0884. The van der Waals surface area contributed by atoms with E-state index < -0.39 is 5.60 Å². The van der Waals surface area contributed by atoms with E-state index in [1.54, 1.807) is 11.9 Å². The number of hydrogen-bond acceptors (Lipinski definition) is 5. The molecule has 1 amide bonds. The Morgan fingerprint density at radius 1 is 1.38 bits per heavy atom. The van der Waals surface area contributed by atoms with Gasteiger partial charge in [-0.3, -0.25) is 0 Å². The summed E-state index contributed by atoms with van der Waals surface area (Å²) >= 11 is 0. The fraction of sp³-hybridized carbons (Fsp3) is 0.529. The van der Waals surface area contributed by atoms with Crippen molar-refractivity contribution in [2.24, 2.45) is 10.9 Å². The molecule has 24 heavy (non-hydrogen) atoms. The molecule has 3 N–H and O–H groups in total. The molecule has 0 aromatic heterocycles. The van der Waals surface area contributed by atoms with Gasteiger partial charge >= 0.3 is 6.09 Å². The van der Waals surface area contributed by atoms with Gasteiger partial charge in [0.1, 0.15) is 5.60 Å². The van der Waals surface area contributed by atoms with Crippen molar-refractivity contribution in [2.45, 2.75) is 38.8 Å². The fourth-order valence-corrected chi connectivity index (χ4v) is 2.68. The highest BCUT2D eigenvalue weighted by Gasteiger charge is 2.31. The van der Waals surface area contributed by atoms with Crippen LogP contribution < -0.4 is 10.6 Å². The van der Waals surface area contributed by atoms with Gasteiger partial charge in [0.05, 0.1) is 6.04 Å². The van der Waals surface area contributed by atoms with Crippen LogP contribution in [0.5, 0.6) is 0 Å². The van der Waals surface area contributed by atoms with Crippen LogP contribution in [0.25, 0.3) is 0 Å². The zero-order chi connectivity index (χ0) is 17.9. The molecule has 1 aromatic carbocycles. The predicted molar refractivity (Wildman–Crippen MR) is 93.6 cm³/mol. The normalized spacial score (nSPS) is 18.6. The van der Waals surface area contributed by atoms with Gasteiger partial charge in [-0.1, -0.05) is 5.16 Å². The summed E-state index contributed by atoms with van der Waals surface area (Å²) in [5, 5.41) is 11.7. The molecule has 7 nitrogen and oxygen atoms in total. The van der Waals surface area contributed by atoms with Crippen molar-refractivity contribution in [1.82, 2.24) is 4.90 Å². The zero-order valence-corrected chi connectivity index (χ0v) is 14.7. The zero-order valence-electron chi connectivity index (χ0n) is 14.7. The van der Waals surface area contributed by atoms with E-state index in [1.165, 1.54) is 0 Å². The van der Waals surface area contributed by atoms with Crippen LogP contribution in [0.4, 0.5) is 10.5 Å². The lowest BCUT2D eigenvalue weighted by Crippen LogP contribution is -2.42. The maximum atomic E-state index is 12.2. The lowest BCUT2D eigenvalue weighted by Gasteiger charge is -2.28. The smallest absolute Gasteiger partial charge is 0.410 e. The van der Waals surface area contributed by atoms with Crippen LogP contribution in [0, 0.1) is 0 Å². The Hall–Kier alpha value is -2.44. The molecule has 1 aromatic rings. The van der Waals surface area contributed by atoms with Gasteiger partial charge in [-0.25, -0.2) is 4.79 Å². The number of nitrogens with two attached hydrogens (primary N) is 1. The van der Waals surface area contributed by atoms with Crippen LogP contribution in [0.3, 0.4) is 0 Å². The molecule has 0 aliphatic carbocycles. The molecule has 0 spiro atoms. The predicted octanol–water partition coefficient (Wildman–Crippen LogP) is 2.23. The summed E-state index contributed by atoms with van der Waals surface area (Å²) < 4.78 is 5.43. The van der Waals surface area contributed by atoms with E-state index in [4.69, 9.17) is 15.7 Å². The van der Waals surface area contributed by atoms with Crippen LogP contribution in [-0.2, 0) is 4.74 Å². The molecular formula is C17H26N4O3. The highest BCUT2D eigenvalue weighted by molar-refractivity contribution is 5.97. The van der Waals surface area contributed by atoms with Crippen molar-refractivity contribution in [3.63, 3.8) is 0 Å².